The van der Waals surface area contributed by atoms with Crippen molar-refractivity contribution in [1.29, 1.82) is 0 Å². The van der Waals surface area contributed by atoms with Gasteiger partial charge in [0.25, 0.3) is 0 Å². The topological polar surface area (TPSA) is 26.0 Å². The summed E-state index contributed by atoms with van der Waals surface area (Å²) < 4.78 is 13.0. The lowest BCUT2D eigenvalue weighted by Crippen LogP contribution is -2.23. The number of hydrogen-bond acceptors (Lipinski definition) is 1. The van der Waals surface area contributed by atoms with E-state index >= 15 is 0 Å². The van der Waals surface area contributed by atoms with Crippen molar-refractivity contribution in [2.75, 3.05) is 0 Å². The third-order valence-corrected chi connectivity index (χ3v) is 3.73. The highest BCUT2D eigenvalue weighted by molar-refractivity contribution is 6.31. The largest absolute Gasteiger partial charge is 0.327 e. The molecule has 1 nitrogen and oxygen atoms in total. The summed E-state index contributed by atoms with van der Waals surface area (Å²) in [5.41, 5.74) is 8.37. The number of rotatable bonds is 6. The maximum atomic E-state index is 13.0. The molecule has 2 rings (SSSR count). The van der Waals surface area contributed by atoms with Crippen molar-refractivity contribution in [3.63, 3.8) is 0 Å². The van der Waals surface area contributed by atoms with Crippen LogP contribution in [0.1, 0.15) is 24.0 Å². The molecule has 3 heteroatoms. The summed E-state index contributed by atoms with van der Waals surface area (Å²) >= 11 is 6.01. The Kier molecular flexibility index (Phi) is 5.57. The van der Waals surface area contributed by atoms with E-state index in [9.17, 15) is 4.39 Å². The van der Waals surface area contributed by atoms with Crippen molar-refractivity contribution >= 4 is 11.6 Å². The van der Waals surface area contributed by atoms with Gasteiger partial charge in [-0.25, -0.2) is 4.39 Å². The van der Waals surface area contributed by atoms with E-state index in [2.05, 4.69) is 12.1 Å². The minimum Gasteiger partial charge on any atom is -0.327 e. The predicted octanol–water partition coefficient (Wildman–Crippen LogP) is 4.37. The van der Waals surface area contributed by atoms with E-state index in [1.165, 1.54) is 17.7 Å². The van der Waals surface area contributed by atoms with E-state index in [1.807, 2.05) is 18.2 Å². The second-order valence-corrected chi connectivity index (χ2v) is 5.48. The summed E-state index contributed by atoms with van der Waals surface area (Å²) in [5, 5.41) is 0.462. The van der Waals surface area contributed by atoms with Gasteiger partial charge in [-0.3, -0.25) is 0 Å². The van der Waals surface area contributed by atoms with Crippen molar-refractivity contribution in [3.8, 4) is 0 Å². The number of aryl methyl sites for hydroxylation is 1. The van der Waals surface area contributed by atoms with Crippen LogP contribution >= 0.6 is 11.6 Å². The molecule has 1 atom stereocenters. The van der Waals surface area contributed by atoms with Crippen LogP contribution < -0.4 is 5.73 Å². The van der Waals surface area contributed by atoms with Gasteiger partial charge < -0.3 is 5.73 Å². The molecule has 0 radical (unpaired) electrons. The molecule has 2 N–H and O–H groups in total. The van der Waals surface area contributed by atoms with Crippen LogP contribution in [0.5, 0.6) is 0 Å². The van der Waals surface area contributed by atoms with Crippen LogP contribution in [-0.2, 0) is 12.8 Å². The maximum absolute atomic E-state index is 13.0. The van der Waals surface area contributed by atoms with Gasteiger partial charge in [-0.15, -0.1) is 0 Å². The molecule has 0 saturated carbocycles. The van der Waals surface area contributed by atoms with E-state index < -0.39 is 0 Å². The molecule has 0 fully saturated rings. The molecule has 106 valence electrons. The average molecular weight is 292 g/mol. The lowest BCUT2D eigenvalue weighted by molar-refractivity contribution is 0.578. The first kappa shape index (κ1) is 15.0. The highest BCUT2D eigenvalue weighted by Crippen LogP contribution is 2.19. The monoisotopic (exact) mass is 291 g/mol. The molecule has 0 spiro atoms. The van der Waals surface area contributed by atoms with Crippen molar-refractivity contribution in [1.82, 2.24) is 0 Å². The van der Waals surface area contributed by atoms with Gasteiger partial charge in [-0.1, -0.05) is 48.0 Å². The molecule has 0 amide bonds. The van der Waals surface area contributed by atoms with E-state index in [1.54, 1.807) is 6.07 Å². The predicted molar refractivity (Wildman–Crippen MR) is 82.5 cm³/mol. The van der Waals surface area contributed by atoms with Crippen molar-refractivity contribution in [2.45, 2.75) is 31.7 Å². The number of nitrogens with two attached hydrogens (primary N) is 1. The SMILES string of the molecule is NC(CCCc1ccccc1)Cc1ccc(F)cc1Cl. The van der Waals surface area contributed by atoms with Gasteiger partial charge in [-0.2, -0.15) is 0 Å². The Morgan fingerprint density at radius 2 is 1.85 bits per heavy atom. The van der Waals surface area contributed by atoms with Gasteiger partial charge in [-0.05, 0) is 48.9 Å². The fraction of sp³-hybridized carbons (Fsp3) is 0.294. The van der Waals surface area contributed by atoms with Gasteiger partial charge in [0.2, 0.25) is 0 Å². The van der Waals surface area contributed by atoms with Crippen molar-refractivity contribution in [2.24, 2.45) is 5.73 Å². The smallest absolute Gasteiger partial charge is 0.124 e. The minimum absolute atomic E-state index is 0.0571. The molecule has 2 aromatic rings. The van der Waals surface area contributed by atoms with Gasteiger partial charge in [0, 0.05) is 11.1 Å². The second kappa shape index (κ2) is 7.41. The van der Waals surface area contributed by atoms with Crippen LogP contribution in [0, 0.1) is 5.82 Å². The van der Waals surface area contributed by atoms with E-state index in [-0.39, 0.29) is 11.9 Å². The molecule has 0 aliphatic carbocycles. The normalized spacial score (nSPS) is 12.3. The fourth-order valence-corrected chi connectivity index (χ4v) is 2.53. The Balaban J connectivity index is 1.79. The lowest BCUT2D eigenvalue weighted by Gasteiger charge is -2.12. The van der Waals surface area contributed by atoms with E-state index in [0.717, 1.165) is 24.8 Å². The molecule has 0 saturated heterocycles. The fourth-order valence-electron chi connectivity index (χ4n) is 2.28. The van der Waals surface area contributed by atoms with Crippen LogP contribution in [0.4, 0.5) is 4.39 Å². The van der Waals surface area contributed by atoms with E-state index in [0.29, 0.717) is 11.4 Å². The van der Waals surface area contributed by atoms with Crippen LogP contribution in [0.3, 0.4) is 0 Å². The summed E-state index contributed by atoms with van der Waals surface area (Å²) in [5.74, 6) is -0.309. The zero-order valence-corrected chi connectivity index (χ0v) is 12.1. The molecule has 1 unspecified atom stereocenters. The lowest BCUT2D eigenvalue weighted by atomic mass is 10.00. The zero-order valence-electron chi connectivity index (χ0n) is 11.4. The number of halogens is 2. The first-order valence-electron chi connectivity index (χ1n) is 6.88. The molecule has 0 bridgehead atoms. The zero-order chi connectivity index (χ0) is 14.4. The summed E-state index contributed by atoms with van der Waals surface area (Å²) in [4.78, 5) is 0. The second-order valence-electron chi connectivity index (χ2n) is 5.08. The first-order chi connectivity index (χ1) is 9.65. The third kappa shape index (κ3) is 4.62. The quantitative estimate of drug-likeness (QED) is 0.840. The molecule has 0 aliphatic rings. The maximum Gasteiger partial charge on any atom is 0.124 e. The Morgan fingerprint density at radius 1 is 1.10 bits per heavy atom. The van der Waals surface area contributed by atoms with Crippen molar-refractivity contribution in [3.05, 3.63) is 70.5 Å². The first-order valence-corrected chi connectivity index (χ1v) is 7.26. The molecule has 20 heavy (non-hydrogen) atoms. The highest BCUT2D eigenvalue weighted by atomic mass is 35.5. The van der Waals surface area contributed by atoms with Gasteiger partial charge >= 0.3 is 0 Å². The molecule has 0 aliphatic heterocycles. The molecule has 2 aromatic carbocycles. The van der Waals surface area contributed by atoms with Crippen LogP contribution in [-0.4, -0.2) is 6.04 Å². The number of benzene rings is 2. The molecule has 0 aromatic heterocycles. The van der Waals surface area contributed by atoms with E-state index in [4.69, 9.17) is 17.3 Å². The Labute approximate surface area is 124 Å². The Hall–Kier alpha value is -1.38. The Morgan fingerprint density at radius 3 is 2.55 bits per heavy atom. The highest BCUT2D eigenvalue weighted by Gasteiger charge is 2.08. The van der Waals surface area contributed by atoms with Crippen LogP contribution in [0.15, 0.2) is 48.5 Å². The van der Waals surface area contributed by atoms with Gasteiger partial charge in [0.15, 0.2) is 0 Å². The van der Waals surface area contributed by atoms with Gasteiger partial charge in [0.1, 0.15) is 5.82 Å². The Bertz CT molecular complexity index is 542. The minimum atomic E-state index is -0.309. The molecule has 0 heterocycles. The summed E-state index contributed by atoms with van der Waals surface area (Å²) in [6, 6.07) is 14.9. The van der Waals surface area contributed by atoms with Crippen LogP contribution in [0.25, 0.3) is 0 Å². The van der Waals surface area contributed by atoms with Crippen LogP contribution in [0.2, 0.25) is 5.02 Å². The standard InChI is InChI=1S/C17H19ClFN/c18-17-12-15(19)10-9-14(17)11-16(20)8-4-7-13-5-2-1-3-6-13/h1-3,5-6,9-10,12,16H,4,7-8,11,20H2. The summed E-state index contributed by atoms with van der Waals surface area (Å²) in [7, 11) is 0. The number of hydrogen-bond donors (Lipinski definition) is 1. The van der Waals surface area contributed by atoms with Gasteiger partial charge in [0.05, 0.1) is 0 Å². The third-order valence-electron chi connectivity index (χ3n) is 3.38. The summed E-state index contributed by atoms with van der Waals surface area (Å²) in [6.07, 6.45) is 3.70. The van der Waals surface area contributed by atoms with Crippen molar-refractivity contribution < 1.29 is 4.39 Å². The molecular weight excluding hydrogens is 273 g/mol. The summed E-state index contributed by atoms with van der Waals surface area (Å²) in [6.45, 7) is 0. The average Bonchev–Trinajstić information content (AvgIpc) is 2.43. The molecular formula is C17H19ClFN.